The van der Waals surface area contributed by atoms with Crippen molar-refractivity contribution in [1.82, 2.24) is 10.2 Å². The first-order valence-corrected chi connectivity index (χ1v) is 6.48. The van der Waals surface area contributed by atoms with E-state index in [1.54, 1.807) is 0 Å². The summed E-state index contributed by atoms with van der Waals surface area (Å²) in [4.78, 5) is 35.8. The summed E-state index contributed by atoms with van der Waals surface area (Å²) in [6, 6.07) is 0. The van der Waals surface area contributed by atoms with Gasteiger partial charge in [-0.25, -0.2) is 0 Å². The van der Waals surface area contributed by atoms with E-state index in [2.05, 4.69) is 5.32 Å². The normalized spacial score (nSPS) is 22.2. The molecular weight excluding hydrogens is 248 g/mol. The van der Waals surface area contributed by atoms with E-state index in [-0.39, 0.29) is 19.0 Å². The summed E-state index contributed by atoms with van der Waals surface area (Å²) < 4.78 is 0. The minimum absolute atomic E-state index is 0.211. The van der Waals surface area contributed by atoms with Crippen LogP contribution in [0.1, 0.15) is 26.2 Å². The van der Waals surface area contributed by atoms with Crippen LogP contribution >= 0.6 is 0 Å². The first-order chi connectivity index (χ1) is 8.91. The number of amides is 3. The van der Waals surface area contributed by atoms with E-state index in [1.807, 2.05) is 6.92 Å². The number of nitrogens with one attached hydrogen (secondary N) is 1. The molecule has 0 aromatic heterocycles. The zero-order valence-corrected chi connectivity index (χ0v) is 11.3. The van der Waals surface area contributed by atoms with Crippen LogP contribution in [0.5, 0.6) is 0 Å². The summed E-state index contributed by atoms with van der Waals surface area (Å²) in [5.74, 6) is -1.50. The molecule has 1 saturated heterocycles. The molecule has 108 valence electrons. The van der Waals surface area contributed by atoms with Gasteiger partial charge in [-0.05, 0) is 19.4 Å². The smallest absolute Gasteiger partial charge is 0.237 e. The molecule has 1 aliphatic heterocycles. The summed E-state index contributed by atoms with van der Waals surface area (Å²) in [7, 11) is 0. The van der Waals surface area contributed by atoms with Gasteiger partial charge in [0.05, 0.1) is 18.5 Å². The number of carbonyl (C=O) groups excluding carboxylic acids is 3. The molecule has 1 aliphatic rings. The molecule has 5 N–H and O–H groups in total. The lowest BCUT2D eigenvalue weighted by Gasteiger charge is -2.32. The van der Waals surface area contributed by atoms with Crippen LogP contribution in [-0.4, -0.2) is 48.8 Å². The lowest BCUT2D eigenvalue weighted by molar-refractivity contribution is -0.146. The maximum atomic E-state index is 12.6. The van der Waals surface area contributed by atoms with Crippen LogP contribution in [-0.2, 0) is 14.4 Å². The van der Waals surface area contributed by atoms with E-state index in [0.29, 0.717) is 19.4 Å². The molecule has 3 amide bonds. The Hall–Kier alpha value is -1.63. The second-order valence-corrected chi connectivity index (χ2v) is 5.05. The van der Waals surface area contributed by atoms with Gasteiger partial charge in [0.15, 0.2) is 0 Å². The molecule has 1 fully saturated rings. The molecule has 0 aliphatic carbocycles. The molecule has 7 heteroatoms. The van der Waals surface area contributed by atoms with Crippen molar-refractivity contribution in [2.45, 2.75) is 26.2 Å². The average molecular weight is 270 g/mol. The van der Waals surface area contributed by atoms with Crippen LogP contribution < -0.4 is 16.8 Å². The summed E-state index contributed by atoms with van der Waals surface area (Å²) in [6.45, 7) is 2.78. The molecule has 7 nitrogen and oxygen atoms in total. The predicted molar refractivity (Wildman–Crippen MR) is 69.8 cm³/mol. The minimum Gasteiger partial charge on any atom is -0.368 e. The summed E-state index contributed by atoms with van der Waals surface area (Å²) in [5, 5.41) is 3.16. The molecule has 1 rings (SSSR count). The molecular formula is C12H22N4O3. The largest absolute Gasteiger partial charge is 0.368 e. The van der Waals surface area contributed by atoms with Gasteiger partial charge in [-0.3, -0.25) is 14.4 Å². The lowest BCUT2D eigenvalue weighted by atomic mass is 9.81. The number of rotatable bonds is 7. The Morgan fingerprint density at radius 2 is 1.79 bits per heavy atom. The standard InChI is InChI=1S/C12H22N4O3/c1-2-3-12(4-5-15-8-12)11(19)16(6-9(13)17)7-10(14)18/h15H,2-8H2,1H3,(H2,13,17)(H2,14,18). The van der Waals surface area contributed by atoms with Crippen molar-refractivity contribution in [2.75, 3.05) is 26.2 Å². The maximum Gasteiger partial charge on any atom is 0.237 e. The van der Waals surface area contributed by atoms with Gasteiger partial charge < -0.3 is 21.7 Å². The third kappa shape index (κ3) is 3.92. The van der Waals surface area contributed by atoms with Gasteiger partial charge in [-0.2, -0.15) is 0 Å². The molecule has 19 heavy (non-hydrogen) atoms. The SMILES string of the molecule is CCCC1(C(=O)N(CC(N)=O)CC(N)=O)CCNC1. The summed E-state index contributed by atoms with van der Waals surface area (Å²) >= 11 is 0. The highest BCUT2D eigenvalue weighted by Crippen LogP contribution is 2.33. The number of carbonyl (C=O) groups is 3. The molecule has 1 atom stereocenters. The molecule has 0 bridgehead atoms. The van der Waals surface area contributed by atoms with Gasteiger partial charge in [0, 0.05) is 6.54 Å². The van der Waals surface area contributed by atoms with Gasteiger partial charge in [-0.15, -0.1) is 0 Å². The molecule has 1 heterocycles. The van der Waals surface area contributed by atoms with E-state index < -0.39 is 17.2 Å². The van der Waals surface area contributed by atoms with E-state index in [9.17, 15) is 14.4 Å². The first kappa shape index (κ1) is 15.4. The monoisotopic (exact) mass is 270 g/mol. The zero-order chi connectivity index (χ0) is 14.5. The number of primary amides is 2. The van der Waals surface area contributed by atoms with Crippen LogP contribution in [0, 0.1) is 5.41 Å². The van der Waals surface area contributed by atoms with Crippen molar-refractivity contribution < 1.29 is 14.4 Å². The lowest BCUT2D eigenvalue weighted by Crippen LogP contribution is -2.50. The number of nitrogens with two attached hydrogens (primary N) is 2. The molecule has 0 aromatic carbocycles. The fourth-order valence-electron chi connectivity index (χ4n) is 2.64. The Labute approximate surface area is 112 Å². The number of hydrogen-bond donors (Lipinski definition) is 3. The van der Waals surface area contributed by atoms with E-state index in [0.717, 1.165) is 13.0 Å². The molecule has 0 saturated carbocycles. The van der Waals surface area contributed by atoms with Crippen molar-refractivity contribution in [3.8, 4) is 0 Å². The van der Waals surface area contributed by atoms with Gasteiger partial charge in [0.2, 0.25) is 17.7 Å². The molecule has 0 spiro atoms. The number of nitrogens with zero attached hydrogens (tertiary/aromatic N) is 1. The van der Waals surface area contributed by atoms with Crippen LogP contribution in [0.4, 0.5) is 0 Å². The topological polar surface area (TPSA) is 119 Å². The quantitative estimate of drug-likeness (QED) is 0.525. The second kappa shape index (κ2) is 6.51. The van der Waals surface area contributed by atoms with Crippen molar-refractivity contribution in [3.05, 3.63) is 0 Å². The molecule has 1 unspecified atom stereocenters. The van der Waals surface area contributed by atoms with Crippen molar-refractivity contribution in [1.29, 1.82) is 0 Å². The molecule has 0 radical (unpaired) electrons. The maximum absolute atomic E-state index is 12.6. The predicted octanol–water partition coefficient (Wildman–Crippen LogP) is -1.43. The summed E-state index contributed by atoms with van der Waals surface area (Å²) in [6.07, 6.45) is 2.27. The van der Waals surface area contributed by atoms with Crippen molar-refractivity contribution >= 4 is 17.7 Å². The van der Waals surface area contributed by atoms with Crippen molar-refractivity contribution in [2.24, 2.45) is 16.9 Å². The van der Waals surface area contributed by atoms with Crippen molar-refractivity contribution in [3.63, 3.8) is 0 Å². The zero-order valence-electron chi connectivity index (χ0n) is 11.3. The highest BCUT2D eigenvalue weighted by molar-refractivity contribution is 5.91. The highest BCUT2D eigenvalue weighted by Gasteiger charge is 2.43. The van der Waals surface area contributed by atoms with Crippen LogP contribution in [0.25, 0.3) is 0 Å². The Balaban J connectivity index is 2.88. The van der Waals surface area contributed by atoms with Gasteiger partial charge >= 0.3 is 0 Å². The second-order valence-electron chi connectivity index (χ2n) is 5.05. The molecule has 0 aromatic rings. The van der Waals surface area contributed by atoms with Crippen LogP contribution in [0.15, 0.2) is 0 Å². The summed E-state index contributed by atoms with van der Waals surface area (Å²) in [5.41, 5.74) is 9.70. The first-order valence-electron chi connectivity index (χ1n) is 6.48. The van der Waals surface area contributed by atoms with E-state index >= 15 is 0 Å². The fraction of sp³-hybridized carbons (Fsp3) is 0.750. The average Bonchev–Trinajstić information content (AvgIpc) is 2.76. The Morgan fingerprint density at radius 1 is 1.21 bits per heavy atom. The Morgan fingerprint density at radius 3 is 2.16 bits per heavy atom. The van der Waals surface area contributed by atoms with Gasteiger partial charge in [0.1, 0.15) is 0 Å². The highest BCUT2D eigenvalue weighted by atomic mass is 16.2. The third-order valence-electron chi connectivity index (χ3n) is 3.41. The van der Waals surface area contributed by atoms with E-state index in [1.165, 1.54) is 4.90 Å². The minimum atomic E-state index is -0.646. The fourth-order valence-corrected chi connectivity index (χ4v) is 2.64. The van der Waals surface area contributed by atoms with Gasteiger partial charge in [-0.1, -0.05) is 13.3 Å². The Bertz CT molecular complexity index is 348. The third-order valence-corrected chi connectivity index (χ3v) is 3.41. The van der Waals surface area contributed by atoms with Gasteiger partial charge in [0.25, 0.3) is 0 Å². The van der Waals surface area contributed by atoms with Crippen LogP contribution in [0.2, 0.25) is 0 Å². The van der Waals surface area contributed by atoms with Crippen LogP contribution in [0.3, 0.4) is 0 Å². The van der Waals surface area contributed by atoms with E-state index in [4.69, 9.17) is 11.5 Å². The number of hydrogen-bond acceptors (Lipinski definition) is 4. The Kier molecular flexibility index (Phi) is 5.29.